The van der Waals surface area contributed by atoms with Crippen LogP contribution < -0.4 is 10.6 Å². The molecule has 0 radical (unpaired) electrons. The molecule has 0 aliphatic heterocycles. The van der Waals surface area contributed by atoms with E-state index in [0.29, 0.717) is 11.8 Å². The first kappa shape index (κ1) is 24.8. The summed E-state index contributed by atoms with van der Waals surface area (Å²) in [5.41, 5.74) is 0. The molecule has 2 N–H and O–H groups in total. The van der Waals surface area contributed by atoms with Gasteiger partial charge >= 0.3 is 0 Å². The minimum Gasteiger partial charge on any atom is -0.355 e. The second kappa shape index (κ2) is 13.0. The number of hydrogen-bond donors (Lipinski definition) is 2. The summed E-state index contributed by atoms with van der Waals surface area (Å²) >= 11 is 4.35. The molecule has 2 aliphatic rings. The molecular weight excluding hydrogens is 448 g/mol. The molecule has 2 unspecified atom stereocenters. The number of amides is 2. The van der Waals surface area contributed by atoms with E-state index in [1.165, 1.54) is 99.1 Å². The molecule has 2 saturated carbocycles. The Morgan fingerprint density at radius 1 is 0.806 bits per heavy atom. The second-order valence-corrected chi connectivity index (χ2v) is 13.0. The number of hydrogen-bond acceptors (Lipinski definition) is 7. The van der Waals surface area contributed by atoms with Crippen LogP contribution in [0.25, 0.3) is 0 Å². The fourth-order valence-corrected chi connectivity index (χ4v) is 7.62. The third-order valence-corrected chi connectivity index (χ3v) is 9.55. The number of rotatable bonds is 10. The molecule has 3 rings (SSSR count). The minimum atomic E-state index is -0.203. The van der Waals surface area contributed by atoms with Crippen LogP contribution in [0.1, 0.15) is 78.1 Å². The largest absolute Gasteiger partial charge is 0.355 e. The van der Waals surface area contributed by atoms with E-state index in [2.05, 4.69) is 20.8 Å². The molecule has 0 spiro atoms. The summed E-state index contributed by atoms with van der Waals surface area (Å²) in [6.45, 7) is 5.40. The van der Waals surface area contributed by atoms with Crippen molar-refractivity contribution < 1.29 is 9.59 Å². The Labute approximate surface area is 198 Å². The lowest BCUT2D eigenvalue weighted by atomic mass is 9.89. The Morgan fingerprint density at radius 3 is 1.58 bits per heavy atom. The number of aromatic nitrogens is 2. The van der Waals surface area contributed by atoms with Crippen LogP contribution in [0.2, 0.25) is 0 Å². The first-order chi connectivity index (χ1) is 15.0. The smallest absolute Gasteiger partial charge is 0.233 e. The Balaban J connectivity index is 1.37. The summed E-state index contributed by atoms with van der Waals surface area (Å²) in [6, 6.07) is 0. The van der Waals surface area contributed by atoms with E-state index >= 15 is 0 Å². The number of carbonyl (C=O) groups is 2. The van der Waals surface area contributed by atoms with Crippen molar-refractivity contribution >= 4 is 46.7 Å². The van der Waals surface area contributed by atoms with Crippen LogP contribution in [0, 0.1) is 11.8 Å². The summed E-state index contributed by atoms with van der Waals surface area (Å²) in [4.78, 5) is 24.9. The fourth-order valence-electron chi connectivity index (χ4n) is 4.26. The van der Waals surface area contributed by atoms with Gasteiger partial charge in [-0.25, -0.2) is 0 Å². The van der Waals surface area contributed by atoms with E-state index in [1.54, 1.807) is 0 Å². The van der Waals surface area contributed by atoms with E-state index in [1.807, 2.05) is 13.8 Å². The minimum absolute atomic E-state index is 0.0652. The number of carbonyl (C=O) groups excluding carboxylic acids is 2. The maximum Gasteiger partial charge on any atom is 0.233 e. The van der Waals surface area contributed by atoms with Crippen LogP contribution in [-0.2, 0) is 9.59 Å². The van der Waals surface area contributed by atoms with E-state index in [4.69, 9.17) is 0 Å². The lowest BCUT2D eigenvalue weighted by molar-refractivity contribution is -0.121. The van der Waals surface area contributed by atoms with E-state index in [0.717, 1.165) is 21.8 Å². The average molecular weight is 485 g/mol. The summed E-state index contributed by atoms with van der Waals surface area (Å²) in [7, 11) is 0. The van der Waals surface area contributed by atoms with Gasteiger partial charge in [-0.3, -0.25) is 9.59 Å². The molecular formula is C22H36N4O2S3. The quantitative estimate of drug-likeness (QED) is 0.460. The number of thioether (sulfide) groups is 2. The maximum absolute atomic E-state index is 12.4. The predicted molar refractivity (Wildman–Crippen MR) is 130 cm³/mol. The average Bonchev–Trinajstić information content (AvgIpc) is 3.23. The van der Waals surface area contributed by atoms with Crippen LogP contribution >= 0.6 is 34.9 Å². The second-order valence-electron chi connectivity index (χ2n) is 8.85. The molecule has 2 fully saturated rings. The highest BCUT2D eigenvalue weighted by Crippen LogP contribution is 2.33. The zero-order valence-electron chi connectivity index (χ0n) is 18.7. The van der Waals surface area contributed by atoms with Gasteiger partial charge < -0.3 is 10.6 Å². The highest BCUT2D eigenvalue weighted by molar-refractivity contribution is 8.04. The van der Waals surface area contributed by atoms with E-state index < -0.39 is 0 Å². The van der Waals surface area contributed by atoms with Crippen LogP contribution in [0.5, 0.6) is 0 Å². The molecule has 31 heavy (non-hydrogen) atoms. The molecule has 9 heteroatoms. The molecule has 1 aromatic rings. The van der Waals surface area contributed by atoms with Gasteiger partial charge in [0.1, 0.15) is 0 Å². The van der Waals surface area contributed by atoms with Crippen molar-refractivity contribution in [2.24, 2.45) is 11.8 Å². The Hall–Kier alpha value is -0.800. The number of nitrogens with zero attached hydrogens (tertiary/aromatic N) is 2. The lowest BCUT2D eigenvalue weighted by Gasteiger charge is -2.22. The van der Waals surface area contributed by atoms with Crippen molar-refractivity contribution in [3.8, 4) is 0 Å². The first-order valence-corrected chi connectivity index (χ1v) is 14.3. The SMILES string of the molecule is CC(Sc1nnc(SC(C)C(=O)NCC2CCCCC2)s1)C(=O)NCC1CCCCC1. The van der Waals surface area contributed by atoms with Gasteiger partial charge in [-0.2, -0.15) is 0 Å². The van der Waals surface area contributed by atoms with E-state index in [-0.39, 0.29) is 22.3 Å². The Bertz CT molecular complexity index is 646. The number of nitrogens with one attached hydrogen (secondary N) is 2. The molecule has 0 saturated heterocycles. The molecule has 1 heterocycles. The molecule has 2 amide bonds. The van der Waals surface area contributed by atoms with Gasteiger partial charge in [-0.1, -0.05) is 73.4 Å². The zero-order valence-corrected chi connectivity index (χ0v) is 21.2. The van der Waals surface area contributed by atoms with Gasteiger partial charge in [0.2, 0.25) is 11.8 Å². The van der Waals surface area contributed by atoms with Crippen molar-refractivity contribution in [3.05, 3.63) is 0 Å². The normalized spacial score (nSPS) is 20.2. The maximum atomic E-state index is 12.4. The standard InChI is InChI=1S/C22H36N4O2S3/c1-15(19(27)23-13-17-9-5-3-6-10-17)29-21-25-26-22(31-21)30-16(2)20(28)24-14-18-11-7-4-8-12-18/h15-18H,3-14H2,1-2H3,(H,23,27)(H,24,28). The van der Waals surface area contributed by atoms with Crippen LogP contribution in [-0.4, -0.2) is 45.6 Å². The lowest BCUT2D eigenvalue weighted by Crippen LogP contribution is -2.35. The van der Waals surface area contributed by atoms with Gasteiger partial charge in [-0.05, 0) is 51.4 Å². The molecule has 1 aromatic heterocycles. The summed E-state index contributed by atoms with van der Waals surface area (Å²) in [5.74, 6) is 1.39. The molecule has 2 atom stereocenters. The van der Waals surface area contributed by atoms with Gasteiger partial charge in [0.25, 0.3) is 0 Å². The summed E-state index contributed by atoms with van der Waals surface area (Å²) in [6.07, 6.45) is 12.7. The van der Waals surface area contributed by atoms with Gasteiger partial charge in [0.15, 0.2) is 8.68 Å². The summed E-state index contributed by atoms with van der Waals surface area (Å²) in [5, 5.41) is 14.2. The molecule has 6 nitrogen and oxygen atoms in total. The summed E-state index contributed by atoms with van der Waals surface area (Å²) < 4.78 is 1.55. The topological polar surface area (TPSA) is 84.0 Å². The monoisotopic (exact) mass is 484 g/mol. The van der Waals surface area contributed by atoms with Crippen molar-refractivity contribution in [1.82, 2.24) is 20.8 Å². The van der Waals surface area contributed by atoms with E-state index in [9.17, 15) is 9.59 Å². The van der Waals surface area contributed by atoms with Crippen LogP contribution in [0.4, 0.5) is 0 Å². The third kappa shape index (κ3) is 8.57. The third-order valence-electron chi connectivity index (χ3n) is 6.26. The highest BCUT2D eigenvalue weighted by atomic mass is 32.2. The van der Waals surface area contributed by atoms with Crippen LogP contribution in [0.15, 0.2) is 8.68 Å². The molecule has 0 aromatic carbocycles. The van der Waals surface area contributed by atoms with Gasteiger partial charge in [0.05, 0.1) is 10.5 Å². The fraction of sp³-hybridized carbons (Fsp3) is 0.818. The van der Waals surface area contributed by atoms with Crippen molar-refractivity contribution in [2.45, 2.75) is 97.2 Å². The Morgan fingerprint density at radius 2 is 1.19 bits per heavy atom. The highest BCUT2D eigenvalue weighted by Gasteiger charge is 2.22. The van der Waals surface area contributed by atoms with Crippen molar-refractivity contribution in [3.63, 3.8) is 0 Å². The zero-order chi connectivity index (χ0) is 22.1. The molecule has 0 bridgehead atoms. The Kier molecular flexibility index (Phi) is 10.4. The first-order valence-electron chi connectivity index (χ1n) is 11.7. The van der Waals surface area contributed by atoms with Crippen molar-refractivity contribution in [1.29, 1.82) is 0 Å². The predicted octanol–water partition coefficient (Wildman–Crippen LogP) is 4.89. The van der Waals surface area contributed by atoms with Gasteiger partial charge in [0, 0.05) is 13.1 Å². The van der Waals surface area contributed by atoms with Crippen LogP contribution in [0.3, 0.4) is 0 Å². The molecule has 2 aliphatic carbocycles. The van der Waals surface area contributed by atoms with Gasteiger partial charge in [-0.15, -0.1) is 10.2 Å². The van der Waals surface area contributed by atoms with Crippen molar-refractivity contribution in [2.75, 3.05) is 13.1 Å². The molecule has 174 valence electrons.